The fourth-order valence-corrected chi connectivity index (χ4v) is 6.81. The van der Waals surface area contributed by atoms with E-state index in [9.17, 15) is 54.0 Å². The van der Waals surface area contributed by atoms with Crippen molar-refractivity contribution < 1.29 is 68.1 Å². The average molecular weight is 564 g/mol. The van der Waals surface area contributed by atoms with E-state index < -0.39 is 101 Å². The standard InChI is InChI=1S/C16H26N2O16P2/c19-3-6-9(21)11(23)13(25)15(33-6)34-36(29,30)5-35(27,28)31-4-7-10(22)12(24)14(32-7)18-2-1-8(20)17-16(18)26/h1-2,6-7,9-15,19,21-25H,3-5H2,(H,27,28)(H,29,30)(H,17,20,26)/t6-,7-,9-,10-,11+,12-,13-,14-,15-/m1/s1. The molecule has 18 nitrogen and oxygen atoms in total. The van der Waals surface area contributed by atoms with Crippen molar-refractivity contribution in [3.8, 4) is 0 Å². The number of aromatic nitrogens is 2. The lowest BCUT2D eigenvalue weighted by Crippen LogP contribution is -2.58. The van der Waals surface area contributed by atoms with E-state index in [-0.39, 0.29) is 0 Å². The van der Waals surface area contributed by atoms with Crippen molar-refractivity contribution >= 4 is 15.2 Å². The lowest BCUT2D eigenvalue weighted by atomic mass is 10.00. The van der Waals surface area contributed by atoms with Crippen LogP contribution in [0.4, 0.5) is 0 Å². The molecule has 3 heterocycles. The van der Waals surface area contributed by atoms with Gasteiger partial charge in [0, 0.05) is 12.3 Å². The molecule has 2 aliphatic heterocycles. The SMILES string of the molecule is O=c1ccn([C@@H]2O[C@H](COP(=O)(O)CP(=O)(O)O[C@H]3O[C@H](CO)[C@@H](O)[C@H](O)[C@H]3O)[C@@H](O)[C@H]2O)c(=O)[nH]1. The maximum absolute atomic E-state index is 12.4. The summed E-state index contributed by atoms with van der Waals surface area (Å²) in [6.07, 6.45) is -14.8. The van der Waals surface area contributed by atoms with Gasteiger partial charge in [-0.2, -0.15) is 0 Å². The number of ether oxygens (including phenoxy) is 2. The molecule has 9 N–H and O–H groups in total. The van der Waals surface area contributed by atoms with E-state index in [0.717, 1.165) is 16.8 Å². The highest BCUT2D eigenvalue weighted by atomic mass is 31.2. The molecule has 0 bridgehead atoms. The number of hydrogen-bond donors (Lipinski definition) is 9. The number of nitrogens with zero attached hydrogens (tertiary/aromatic N) is 1. The second-order valence-electron chi connectivity index (χ2n) is 8.08. The molecule has 0 amide bonds. The summed E-state index contributed by atoms with van der Waals surface area (Å²) in [5, 5.41) is 58.8. The van der Waals surface area contributed by atoms with Crippen LogP contribution in [0.3, 0.4) is 0 Å². The highest BCUT2D eigenvalue weighted by Crippen LogP contribution is 2.59. The summed E-state index contributed by atoms with van der Waals surface area (Å²) in [7, 11) is -10.1. The fourth-order valence-electron chi connectivity index (χ4n) is 3.53. The van der Waals surface area contributed by atoms with Crippen LogP contribution in [0.15, 0.2) is 21.9 Å². The predicted molar refractivity (Wildman–Crippen MR) is 113 cm³/mol. The van der Waals surface area contributed by atoms with Gasteiger partial charge >= 0.3 is 20.9 Å². The van der Waals surface area contributed by atoms with Gasteiger partial charge in [0.25, 0.3) is 5.56 Å². The van der Waals surface area contributed by atoms with Crippen LogP contribution >= 0.6 is 15.2 Å². The van der Waals surface area contributed by atoms with Crippen LogP contribution in [-0.4, -0.2) is 118 Å². The van der Waals surface area contributed by atoms with Gasteiger partial charge in [0.15, 0.2) is 18.4 Å². The molecule has 2 saturated heterocycles. The van der Waals surface area contributed by atoms with Crippen LogP contribution in [0.2, 0.25) is 0 Å². The molecule has 2 fully saturated rings. The minimum absolute atomic E-state index is 0.732. The molecular weight excluding hydrogens is 538 g/mol. The first kappa shape index (κ1) is 29.2. The first-order valence-corrected chi connectivity index (χ1v) is 13.8. The normalized spacial score (nSPS) is 38.4. The van der Waals surface area contributed by atoms with Crippen LogP contribution in [0.25, 0.3) is 0 Å². The smallest absolute Gasteiger partial charge is 0.342 e. The molecule has 20 heteroatoms. The van der Waals surface area contributed by atoms with E-state index in [4.69, 9.17) is 19.1 Å². The van der Waals surface area contributed by atoms with Gasteiger partial charge in [0.1, 0.15) is 42.7 Å². The van der Waals surface area contributed by atoms with Crippen LogP contribution in [0, 0.1) is 0 Å². The molecule has 2 aliphatic rings. The first-order valence-electron chi connectivity index (χ1n) is 10.3. The first-order chi connectivity index (χ1) is 16.7. The molecular formula is C16H26N2O16P2. The van der Waals surface area contributed by atoms with Crippen LogP contribution < -0.4 is 11.2 Å². The van der Waals surface area contributed by atoms with Gasteiger partial charge in [-0.25, -0.2) is 4.79 Å². The summed E-state index contributed by atoms with van der Waals surface area (Å²) >= 11 is 0. The highest BCUT2D eigenvalue weighted by Gasteiger charge is 2.49. The minimum atomic E-state index is -5.09. The topological polar surface area (TPSA) is 288 Å². The summed E-state index contributed by atoms with van der Waals surface area (Å²) in [4.78, 5) is 45.0. The van der Waals surface area contributed by atoms with E-state index in [1.54, 1.807) is 0 Å². The number of H-pyrrole nitrogens is 1. The minimum Gasteiger partial charge on any atom is -0.394 e. The monoisotopic (exact) mass is 564 g/mol. The number of aromatic amines is 1. The molecule has 2 unspecified atom stereocenters. The third kappa shape index (κ3) is 6.56. The Morgan fingerprint density at radius 2 is 1.56 bits per heavy atom. The van der Waals surface area contributed by atoms with Gasteiger partial charge < -0.3 is 54.4 Å². The van der Waals surface area contributed by atoms with Gasteiger partial charge in [0.2, 0.25) is 0 Å². The number of aliphatic hydroxyl groups is 6. The molecule has 11 atom stereocenters. The fraction of sp³-hybridized carbons (Fsp3) is 0.750. The molecule has 0 spiro atoms. The number of hydrogen-bond acceptors (Lipinski definition) is 14. The molecule has 0 aromatic carbocycles. The van der Waals surface area contributed by atoms with E-state index in [1.807, 2.05) is 4.98 Å². The number of rotatable bonds is 9. The molecule has 0 radical (unpaired) electrons. The molecule has 0 saturated carbocycles. The van der Waals surface area contributed by atoms with Crippen LogP contribution in [0.1, 0.15) is 6.23 Å². The van der Waals surface area contributed by atoms with Crippen molar-refractivity contribution in [2.45, 2.75) is 55.2 Å². The maximum atomic E-state index is 12.4. The van der Waals surface area contributed by atoms with Gasteiger partial charge in [0.05, 0.1) is 13.2 Å². The third-order valence-electron chi connectivity index (χ3n) is 5.38. The summed E-state index contributed by atoms with van der Waals surface area (Å²) < 4.78 is 45.1. The predicted octanol–water partition coefficient (Wildman–Crippen LogP) is -4.68. The number of nitrogens with one attached hydrogen (secondary N) is 1. The van der Waals surface area contributed by atoms with Crippen molar-refractivity contribution in [2.24, 2.45) is 0 Å². The summed E-state index contributed by atoms with van der Waals surface area (Å²) in [6, 6.07) is 0.948. The Morgan fingerprint density at radius 3 is 2.17 bits per heavy atom. The zero-order valence-electron chi connectivity index (χ0n) is 18.2. The Labute approximate surface area is 201 Å². The average Bonchev–Trinajstić information content (AvgIpc) is 3.06. The zero-order valence-corrected chi connectivity index (χ0v) is 19.9. The van der Waals surface area contributed by atoms with Crippen molar-refractivity contribution in [1.82, 2.24) is 9.55 Å². The largest absolute Gasteiger partial charge is 0.394 e. The van der Waals surface area contributed by atoms with Gasteiger partial charge in [-0.3, -0.25) is 28.0 Å². The van der Waals surface area contributed by atoms with E-state index in [2.05, 4.69) is 4.52 Å². The highest BCUT2D eigenvalue weighted by molar-refractivity contribution is 7.70. The molecule has 206 valence electrons. The Kier molecular flexibility index (Phi) is 9.08. The van der Waals surface area contributed by atoms with E-state index in [0.29, 0.717) is 0 Å². The van der Waals surface area contributed by atoms with Gasteiger partial charge in [-0.1, -0.05) is 0 Å². The lowest BCUT2D eigenvalue weighted by Gasteiger charge is -2.39. The Hall–Kier alpha value is -1.34. The lowest BCUT2D eigenvalue weighted by molar-refractivity contribution is -0.278. The number of aliphatic hydroxyl groups excluding tert-OH is 6. The van der Waals surface area contributed by atoms with Crippen LogP contribution in [0.5, 0.6) is 0 Å². The summed E-state index contributed by atoms with van der Waals surface area (Å²) in [5.74, 6) is -1.55. The van der Waals surface area contributed by atoms with Crippen molar-refractivity contribution in [3.63, 3.8) is 0 Å². The third-order valence-corrected chi connectivity index (χ3v) is 9.33. The zero-order chi connectivity index (χ0) is 27.0. The van der Waals surface area contributed by atoms with E-state index >= 15 is 0 Å². The van der Waals surface area contributed by atoms with Crippen LogP contribution in [-0.2, 0) is 27.7 Å². The molecule has 1 aromatic rings. The maximum Gasteiger partial charge on any atom is 0.342 e. The van der Waals surface area contributed by atoms with E-state index in [1.165, 1.54) is 0 Å². The van der Waals surface area contributed by atoms with Gasteiger partial charge in [-0.15, -0.1) is 0 Å². The second kappa shape index (κ2) is 11.2. The van der Waals surface area contributed by atoms with Crippen molar-refractivity contribution in [1.29, 1.82) is 0 Å². The molecule has 36 heavy (non-hydrogen) atoms. The van der Waals surface area contributed by atoms with Crippen molar-refractivity contribution in [2.75, 3.05) is 19.1 Å². The molecule has 1 aromatic heterocycles. The quantitative estimate of drug-likeness (QED) is 0.127. The second-order valence-corrected chi connectivity index (χ2v) is 12.2. The summed E-state index contributed by atoms with van der Waals surface area (Å²) in [5.41, 5.74) is -1.70. The summed E-state index contributed by atoms with van der Waals surface area (Å²) in [6.45, 7) is -1.76. The Bertz CT molecular complexity index is 1120. The molecule has 3 rings (SSSR count). The Balaban J connectivity index is 1.61. The van der Waals surface area contributed by atoms with Gasteiger partial charge in [-0.05, 0) is 0 Å². The Morgan fingerprint density at radius 1 is 0.917 bits per heavy atom. The molecule has 0 aliphatic carbocycles. The van der Waals surface area contributed by atoms with Crippen molar-refractivity contribution in [3.05, 3.63) is 33.1 Å².